The van der Waals surface area contributed by atoms with Gasteiger partial charge in [-0.1, -0.05) is 60.7 Å². The molecule has 0 aliphatic carbocycles. The molecule has 1 aliphatic rings. The third kappa shape index (κ3) is 4.72. The third-order valence-electron chi connectivity index (χ3n) is 6.66. The van der Waals surface area contributed by atoms with Gasteiger partial charge >= 0.3 is 5.97 Å². The molecule has 1 aromatic heterocycles. The van der Waals surface area contributed by atoms with Gasteiger partial charge in [0.05, 0.1) is 11.1 Å². The summed E-state index contributed by atoms with van der Waals surface area (Å²) >= 11 is 0. The molecular formula is C30H29N3O3. The highest BCUT2D eigenvalue weighted by atomic mass is 16.5. The summed E-state index contributed by atoms with van der Waals surface area (Å²) in [5, 5.41) is 3.71. The van der Waals surface area contributed by atoms with E-state index in [-0.39, 0.29) is 0 Å². The number of amides is 1. The smallest absolute Gasteiger partial charge is 0.340 e. The molecular weight excluding hydrogens is 450 g/mol. The summed E-state index contributed by atoms with van der Waals surface area (Å²) < 4.78 is 6.04. The zero-order valence-corrected chi connectivity index (χ0v) is 20.7. The zero-order valence-electron chi connectivity index (χ0n) is 20.7. The van der Waals surface area contributed by atoms with Gasteiger partial charge in [0, 0.05) is 47.4 Å². The second-order valence-electron chi connectivity index (χ2n) is 9.42. The van der Waals surface area contributed by atoms with Crippen molar-refractivity contribution in [1.82, 2.24) is 9.88 Å². The minimum atomic E-state index is -1.11. The summed E-state index contributed by atoms with van der Waals surface area (Å²) in [4.78, 5) is 34.4. The van der Waals surface area contributed by atoms with E-state index in [0.29, 0.717) is 23.4 Å². The molecule has 36 heavy (non-hydrogen) atoms. The Kier molecular flexibility index (Phi) is 6.53. The van der Waals surface area contributed by atoms with Gasteiger partial charge < -0.3 is 15.0 Å². The predicted molar refractivity (Wildman–Crippen MR) is 141 cm³/mol. The number of rotatable bonds is 5. The molecule has 4 aromatic rings. The Hall–Kier alpha value is -4.03. The first-order valence-corrected chi connectivity index (χ1v) is 12.1. The minimum Gasteiger partial charge on any atom is -0.444 e. The first-order valence-electron chi connectivity index (χ1n) is 12.1. The van der Waals surface area contributed by atoms with E-state index in [2.05, 4.69) is 10.2 Å². The van der Waals surface area contributed by atoms with Crippen LogP contribution in [-0.4, -0.2) is 35.4 Å². The zero-order chi connectivity index (χ0) is 25.2. The quantitative estimate of drug-likeness (QED) is 0.389. The summed E-state index contributed by atoms with van der Waals surface area (Å²) in [6.07, 6.45) is -0.353. The number of nitrogens with zero attached hydrogens (tertiary/aromatic N) is 2. The van der Waals surface area contributed by atoms with Gasteiger partial charge in [-0.25, -0.2) is 4.79 Å². The van der Waals surface area contributed by atoms with Gasteiger partial charge in [0.1, 0.15) is 0 Å². The van der Waals surface area contributed by atoms with Crippen molar-refractivity contribution in [2.24, 2.45) is 0 Å². The number of hydrogen-bond donors (Lipinski definition) is 1. The Morgan fingerprint density at radius 1 is 1.00 bits per heavy atom. The lowest BCUT2D eigenvalue weighted by Gasteiger charge is -2.27. The highest BCUT2D eigenvalue weighted by molar-refractivity contribution is 6.06. The van der Waals surface area contributed by atoms with Crippen LogP contribution >= 0.6 is 0 Å². The van der Waals surface area contributed by atoms with E-state index in [0.717, 1.165) is 46.3 Å². The molecule has 0 fully saturated rings. The molecule has 182 valence electrons. The van der Waals surface area contributed by atoms with Gasteiger partial charge in [-0.15, -0.1) is 0 Å². The van der Waals surface area contributed by atoms with Crippen molar-refractivity contribution in [3.8, 4) is 0 Å². The van der Waals surface area contributed by atoms with Crippen molar-refractivity contribution in [2.75, 3.05) is 18.9 Å². The Labute approximate surface area is 210 Å². The van der Waals surface area contributed by atoms with Crippen LogP contribution < -0.4 is 5.32 Å². The number of carbonyl (C=O) groups is 2. The second kappa shape index (κ2) is 9.91. The normalized spacial score (nSPS) is 14.2. The van der Waals surface area contributed by atoms with Crippen LogP contribution in [0, 0.1) is 13.8 Å². The number of esters is 1. The maximum Gasteiger partial charge on any atom is 0.340 e. The first kappa shape index (κ1) is 23.7. The average molecular weight is 480 g/mol. The van der Waals surface area contributed by atoms with Crippen LogP contribution in [0.4, 0.5) is 5.69 Å². The molecule has 6 nitrogen and oxygen atoms in total. The third-order valence-corrected chi connectivity index (χ3v) is 6.66. The molecule has 5 rings (SSSR count). The molecule has 0 unspecified atom stereocenters. The van der Waals surface area contributed by atoms with Crippen LogP contribution in [0.1, 0.15) is 44.4 Å². The number of benzene rings is 3. The average Bonchev–Trinajstić information content (AvgIpc) is 2.88. The van der Waals surface area contributed by atoms with Gasteiger partial charge in [-0.2, -0.15) is 0 Å². The van der Waals surface area contributed by atoms with Gasteiger partial charge in [0.15, 0.2) is 0 Å². The number of pyridine rings is 1. The van der Waals surface area contributed by atoms with Crippen LogP contribution in [0.15, 0.2) is 72.8 Å². The van der Waals surface area contributed by atoms with Crippen molar-refractivity contribution in [3.05, 3.63) is 106 Å². The van der Waals surface area contributed by atoms with Crippen LogP contribution in [0.2, 0.25) is 0 Å². The maximum atomic E-state index is 13.9. The Bertz CT molecular complexity index is 1450. The van der Waals surface area contributed by atoms with Crippen molar-refractivity contribution < 1.29 is 14.3 Å². The number of carbonyl (C=O) groups excluding carboxylic acids is 2. The maximum absolute atomic E-state index is 13.9. The lowest BCUT2D eigenvalue weighted by Crippen LogP contribution is -2.31. The fourth-order valence-corrected chi connectivity index (χ4v) is 4.69. The number of aromatic nitrogens is 1. The summed E-state index contributed by atoms with van der Waals surface area (Å²) in [5.74, 6) is -0.919. The summed E-state index contributed by atoms with van der Waals surface area (Å²) in [5.41, 5.74) is 6.30. The summed E-state index contributed by atoms with van der Waals surface area (Å²) in [7, 11) is 2.03. The number of aryl methyl sites for hydroxylation is 2. The van der Waals surface area contributed by atoms with Crippen molar-refractivity contribution in [2.45, 2.75) is 32.9 Å². The van der Waals surface area contributed by atoms with Crippen molar-refractivity contribution >= 4 is 28.5 Å². The summed E-state index contributed by atoms with van der Waals surface area (Å²) in [6.45, 7) is 5.38. The predicted octanol–water partition coefficient (Wildman–Crippen LogP) is 5.38. The lowest BCUT2D eigenvalue weighted by atomic mass is 9.96. The van der Waals surface area contributed by atoms with Gasteiger partial charge in [0.2, 0.25) is 6.10 Å². The molecule has 0 saturated heterocycles. The minimum absolute atomic E-state index is 0.396. The number of anilines is 1. The second-order valence-corrected chi connectivity index (χ2v) is 9.42. The molecule has 0 saturated carbocycles. The van der Waals surface area contributed by atoms with Gasteiger partial charge in [0.25, 0.3) is 5.91 Å². The molecule has 6 heteroatoms. The topological polar surface area (TPSA) is 71.5 Å². The molecule has 2 heterocycles. The monoisotopic (exact) mass is 479 g/mol. The van der Waals surface area contributed by atoms with Crippen LogP contribution in [0.5, 0.6) is 0 Å². The number of fused-ring (bicyclic) bond motifs is 2. The van der Waals surface area contributed by atoms with E-state index in [1.54, 1.807) is 12.1 Å². The Balaban J connectivity index is 1.54. The van der Waals surface area contributed by atoms with Crippen LogP contribution in [-0.2, 0) is 22.5 Å². The van der Waals surface area contributed by atoms with E-state index in [1.807, 2.05) is 81.6 Å². The molecule has 3 aromatic carbocycles. The van der Waals surface area contributed by atoms with E-state index in [9.17, 15) is 9.59 Å². The van der Waals surface area contributed by atoms with Crippen molar-refractivity contribution in [3.63, 3.8) is 0 Å². The van der Waals surface area contributed by atoms with Crippen LogP contribution in [0.3, 0.4) is 0 Å². The number of hydrogen-bond acceptors (Lipinski definition) is 5. The van der Waals surface area contributed by atoms with Crippen molar-refractivity contribution in [1.29, 1.82) is 0 Å². The molecule has 1 amide bonds. The molecule has 1 atom stereocenters. The van der Waals surface area contributed by atoms with E-state index >= 15 is 0 Å². The Morgan fingerprint density at radius 2 is 1.75 bits per heavy atom. The number of ether oxygens (including phenoxy) is 1. The molecule has 0 bridgehead atoms. The van der Waals surface area contributed by atoms with E-state index < -0.39 is 18.0 Å². The fraction of sp³-hybridized carbons (Fsp3) is 0.233. The Morgan fingerprint density at radius 3 is 2.56 bits per heavy atom. The first-order chi connectivity index (χ1) is 17.4. The fourth-order valence-electron chi connectivity index (χ4n) is 4.69. The lowest BCUT2D eigenvalue weighted by molar-refractivity contribution is -0.125. The number of para-hydroxylation sites is 1. The molecule has 1 aliphatic heterocycles. The highest BCUT2D eigenvalue weighted by Crippen LogP contribution is 2.31. The molecule has 0 spiro atoms. The molecule has 0 radical (unpaired) electrons. The highest BCUT2D eigenvalue weighted by Gasteiger charge is 2.30. The number of likely N-dealkylation sites (N-methyl/N-ethyl adjacent to an activating group) is 1. The largest absolute Gasteiger partial charge is 0.444 e. The van der Waals surface area contributed by atoms with Gasteiger partial charge in [-0.05, 0) is 44.2 Å². The van der Waals surface area contributed by atoms with E-state index in [1.165, 1.54) is 0 Å². The van der Waals surface area contributed by atoms with Crippen LogP contribution in [0.25, 0.3) is 10.9 Å². The van der Waals surface area contributed by atoms with Gasteiger partial charge in [-0.3, -0.25) is 9.78 Å². The SMILES string of the molecule is Cc1ccc(C)c(NC(=O)[C@H](OC(=O)c2c3c(nc4ccccc24)CCN(C)C3)c2ccccc2)c1. The summed E-state index contributed by atoms with van der Waals surface area (Å²) in [6, 6.07) is 22.6. The molecule has 1 N–H and O–H groups in total. The number of nitrogens with one attached hydrogen (secondary N) is 1. The van der Waals surface area contributed by atoms with E-state index in [4.69, 9.17) is 9.72 Å². The standard InChI is InChI=1S/C30H29N3O3/c1-19-13-14-20(2)26(17-19)32-29(34)28(21-9-5-4-6-10-21)36-30(35)27-22-11-7-8-12-24(22)31-25-15-16-33(3)18-23(25)27/h4-14,17,28H,15-16,18H2,1-3H3,(H,32,34)/t28-/m1/s1.